The number of aromatic nitrogens is 5. The van der Waals surface area contributed by atoms with E-state index in [1.807, 2.05) is 54.0 Å². The highest BCUT2D eigenvalue weighted by Gasteiger charge is 2.51. The summed E-state index contributed by atoms with van der Waals surface area (Å²) in [5.41, 5.74) is 4.35. The number of aryl methyl sites for hydroxylation is 1. The number of imidazole rings is 1. The quantitative estimate of drug-likeness (QED) is 0.242. The summed E-state index contributed by atoms with van der Waals surface area (Å²) in [7, 11) is 0. The number of urea groups is 1. The molecule has 1 saturated heterocycles. The molecule has 2 amide bonds. The van der Waals surface area contributed by atoms with Crippen LogP contribution in [-0.2, 0) is 15.9 Å². The second kappa shape index (κ2) is 12.3. The van der Waals surface area contributed by atoms with E-state index < -0.39 is 12.3 Å². The third-order valence-corrected chi connectivity index (χ3v) is 8.51. The van der Waals surface area contributed by atoms with Crippen molar-refractivity contribution in [3.63, 3.8) is 0 Å². The highest BCUT2D eigenvalue weighted by molar-refractivity contribution is 7.11. The standard InChI is InChI=1S/C29H31N7O5S/c1-2-30-29(39)35-26-22-27(32-14-31-26)36(15-33-22)20-13-18(9-6-10-19-25(28(37)38)42-16-34-19)23-24(20)41-21(40-23)12-11-17-7-4-3-5-8-17/h3-5,7-8,11-12,14-16,18,20-21,23-24H,2,6,9-10,13H2,1H3,(H,37,38)(H2,30,31,32,35,39)/t18?,20?,21-,23?,24?/m0/s1. The number of carbonyl (C=O) groups is 2. The molecule has 4 unspecified atom stereocenters. The first-order valence-electron chi connectivity index (χ1n) is 13.9. The molecule has 0 bridgehead atoms. The molecule has 218 valence electrons. The minimum absolute atomic E-state index is 0.110. The van der Waals surface area contributed by atoms with Crippen molar-refractivity contribution in [2.75, 3.05) is 11.9 Å². The molecule has 2 aliphatic rings. The summed E-state index contributed by atoms with van der Waals surface area (Å²) in [6.45, 7) is 2.32. The lowest BCUT2D eigenvalue weighted by atomic mass is 9.97. The van der Waals surface area contributed by atoms with E-state index in [2.05, 4.69) is 30.6 Å². The summed E-state index contributed by atoms with van der Waals surface area (Å²) >= 11 is 1.15. The molecular weight excluding hydrogens is 558 g/mol. The van der Waals surface area contributed by atoms with E-state index in [9.17, 15) is 14.7 Å². The fraction of sp³-hybridized carbons (Fsp3) is 0.379. The topological polar surface area (TPSA) is 153 Å². The first-order valence-corrected chi connectivity index (χ1v) is 14.8. The van der Waals surface area contributed by atoms with Crippen LogP contribution in [0.2, 0.25) is 0 Å². The molecule has 1 aliphatic heterocycles. The van der Waals surface area contributed by atoms with Crippen molar-refractivity contribution >= 4 is 46.4 Å². The number of carboxylic acid groups (broad SMARTS) is 1. The Morgan fingerprint density at radius 1 is 1.14 bits per heavy atom. The Kier molecular flexibility index (Phi) is 8.22. The van der Waals surface area contributed by atoms with Crippen LogP contribution in [0.5, 0.6) is 0 Å². The smallest absolute Gasteiger partial charge is 0.347 e. The lowest BCUT2D eigenvalue weighted by molar-refractivity contribution is -0.0507. The number of nitrogens with one attached hydrogen (secondary N) is 2. The Hall–Kier alpha value is -4.20. The number of benzene rings is 1. The average Bonchev–Trinajstić information content (AvgIpc) is 3.77. The lowest BCUT2D eigenvalue weighted by Gasteiger charge is -2.19. The average molecular weight is 590 g/mol. The Labute approximate surface area is 245 Å². The maximum Gasteiger partial charge on any atom is 0.347 e. The molecule has 0 radical (unpaired) electrons. The van der Waals surface area contributed by atoms with Gasteiger partial charge in [0.1, 0.15) is 17.3 Å². The second-order valence-electron chi connectivity index (χ2n) is 10.3. The van der Waals surface area contributed by atoms with Crippen molar-refractivity contribution in [3.05, 3.63) is 70.7 Å². The fourth-order valence-corrected chi connectivity index (χ4v) is 6.49. The minimum atomic E-state index is -0.941. The summed E-state index contributed by atoms with van der Waals surface area (Å²) in [4.78, 5) is 41.5. The Morgan fingerprint density at radius 3 is 2.79 bits per heavy atom. The summed E-state index contributed by atoms with van der Waals surface area (Å²) in [5, 5.41) is 14.9. The lowest BCUT2D eigenvalue weighted by Crippen LogP contribution is -2.28. The van der Waals surface area contributed by atoms with E-state index >= 15 is 0 Å². The van der Waals surface area contributed by atoms with E-state index in [0.717, 1.165) is 36.2 Å². The van der Waals surface area contributed by atoms with Crippen LogP contribution in [0.15, 0.2) is 54.6 Å². The van der Waals surface area contributed by atoms with Gasteiger partial charge in [0.25, 0.3) is 0 Å². The van der Waals surface area contributed by atoms with Crippen LogP contribution in [0.3, 0.4) is 0 Å². The van der Waals surface area contributed by atoms with E-state index in [1.54, 1.807) is 11.8 Å². The molecule has 1 aromatic carbocycles. The predicted octanol–water partition coefficient (Wildman–Crippen LogP) is 4.53. The number of carboxylic acids is 1. The van der Waals surface area contributed by atoms with Gasteiger partial charge in [-0.05, 0) is 50.2 Å². The summed E-state index contributed by atoms with van der Waals surface area (Å²) < 4.78 is 14.9. The Morgan fingerprint density at radius 2 is 1.98 bits per heavy atom. The fourth-order valence-electron chi connectivity index (χ4n) is 5.81. The maximum absolute atomic E-state index is 12.2. The van der Waals surface area contributed by atoms with Gasteiger partial charge < -0.3 is 24.5 Å². The number of hydrogen-bond donors (Lipinski definition) is 3. The van der Waals surface area contributed by atoms with Gasteiger partial charge in [0.2, 0.25) is 0 Å². The van der Waals surface area contributed by atoms with Crippen LogP contribution in [0.4, 0.5) is 10.6 Å². The minimum Gasteiger partial charge on any atom is -0.477 e. The number of thiazole rings is 1. The monoisotopic (exact) mass is 589 g/mol. The molecule has 3 N–H and O–H groups in total. The van der Waals surface area contributed by atoms with E-state index in [4.69, 9.17) is 9.47 Å². The van der Waals surface area contributed by atoms with Crippen LogP contribution >= 0.6 is 11.3 Å². The summed E-state index contributed by atoms with van der Waals surface area (Å²) in [6, 6.07) is 9.50. The van der Waals surface area contributed by atoms with E-state index in [-0.39, 0.29) is 30.2 Å². The van der Waals surface area contributed by atoms with Gasteiger partial charge in [-0.15, -0.1) is 11.3 Å². The van der Waals surface area contributed by atoms with Crippen LogP contribution in [0, 0.1) is 5.92 Å². The van der Waals surface area contributed by atoms with Gasteiger partial charge in [-0.25, -0.2) is 29.5 Å². The molecule has 42 heavy (non-hydrogen) atoms. The zero-order chi connectivity index (χ0) is 29.1. The maximum atomic E-state index is 12.2. The van der Waals surface area contributed by atoms with Crippen molar-refractivity contribution in [1.29, 1.82) is 0 Å². The highest BCUT2D eigenvalue weighted by atomic mass is 32.1. The van der Waals surface area contributed by atoms with Gasteiger partial charge in [0.15, 0.2) is 23.3 Å². The van der Waals surface area contributed by atoms with Crippen LogP contribution in [0.1, 0.15) is 53.2 Å². The number of rotatable bonds is 10. The molecular formula is C29H31N7O5S. The summed E-state index contributed by atoms with van der Waals surface area (Å²) in [5.74, 6) is -0.445. The van der Waals surface area contributed by atoms with Gasteiger partial charge in [-0.2, -0.15) is 0 Å². The SMILES string of the molecule is CCNC(=O)Nc1ncnc2c1ncn2C1CC(CCCc2ncsc2C(=O)O)C2O[C@H](C=Cc3ccccc3)OC21. The van der Waals surface area contributed by atoms with E-state index in [0.29, 0.717) is 40.5 Å². The number of fused-ring (bicyclic) bond motifs is 2. The molecule has 2 fully saturated rings. The molecule has 3 aromatic heterocycles. The zero-order valence-corrected chi connectivity index (χ0v) is 23.7. The molecule has 13 heteroatoms. The second-order valence-corrected chi connectivity index (χ2v) is 11.1. The van der Waals surface area contributed by atoms with Crippen molar-refractivity contribution in [2.24, 2.45) is 5.92 Å². The number of aromatic carboxylic acids is 1. The van der Waals surface area contributed by atoms with Gasteiger partial charge in [-0.1, -0.05) is 36.4 Å². The largest absolute Gasteiger partial charge is 0.477 e. The third-order valence-electron chi connectivity index (χ3n) is 7.65. The van der Waals surface area contributed by atoms with E-state index in [1.165, 1.54) is 6.33 Å². The predicted molar refractivity (Wildman–Crippen MR) is 156 cm³/mol. The third kappa shape index (κ3) is 5.75. The molecule has 5 atom stereocenters. The molecule has 6 rings (SSSR count). The number of carbonyl (C=O) groups excluding carboxylic acids is 1. The number of amides is 2. The highest BCUT2D eigenvalue weighted by Crippen LogP contribution is 2.47. The first kappa shape index (κ1) is 27.9. The molecule has 4 heterocycles. The molecule has 0 spiro atoms. The van der Waals surface area contributed by atoms with Crippen molar-refractivity contribution in [1.82, 2.24) is 29.8 Å². The van der Waals surface area contributed by atoms with Crippen molar-refractivity contribution < 1.29 is 24.2 Å². The van der Waals surface area contributed by atoms with Gasteiger partial charge in [0.05, 0.1) is 29.7 Å². The Bertz CT molecular complexity index is 1590. The van der Waals surface area contributed by atoms with Gasteiger partial charge in [-0.3, -0.25) is 5.32 Å². The van der Waals surface area contributed by atoms with Gasteiger partial charge >= 0.3 is 12.0 Å². The van der Waals surface area contributed by atoms with Crippen LogP contribution < -0.4 is 10.6 Å². The van der Waals surface area contributed by atoms with Crippen LogP contribution in [0.25, 0.3) is 17.2 Å². The molecule has 1 saturated carbocycles. The normalized spacial score (nSPS) is 23.4. The zero-order valence-electron chi connectivity index (χ0n) is 22.9. The van der Waals surface area contributed by atoms with Crippen molar-refractivity contribution in [2.45, 2.75) is 57.1 Å². The Balaban J connectivity index is 1.23. The molecule has 12 nitrogen and oxygen atoms in total. The van der Waals surface area contributed by atoms with Crippen LogP contribution in [-0.4, -0.2) is 66.7 Å². The van der Waals surface area contributed by atoms with Crippen molar-refractivity contribution in [3.8, 4) is 0 Å². The first-order chi connectivity index (χ1) is 20.5. The van der Waals surface area contributed by atoms with Gasteiger partial charge in [0, 0.05) is 6.54 Å². The summed E-state index contributed by atoms with van der Waals surface area (Å²) in [6.07, 6.45) is 9.06. The molecule has 4 aromatic rings. The number of hydrogen-bond acceptors (Lipinski definition) is 9. The number of ether oxygens (including phenoxy) is 2. The molecule has 1 aliphatic carbocycles. The number of nitrogens with zero attached hydrogens (tertiary/aromatic N) is 5. The number of anilines is 1.